The number of hydrogen-bond donors (Lipinski definition) is 2. The first kappa shape index (κ1) is 14.1. The summed E-state index contributed by atoms with van der Waals surface area (Å²) < 4.78 is 5.43. The molecule has 0 saturated carbocycles. The Morgan fingerprint density at radius 1 is 1.14 bits per heavy atom. The number of hydrogen-bond acceptors (Lipinski definition) is 3. The third kappa shape index (κ3) is 3.09. The van der Waals surface area contributed by atoms with Crippen LogP contribution in [0.2, 0.25) is 0 Å². The highest BCUT2D eigenvalue weighted by atomic mass is 16.5. The van der Waals surface area contributed by atoms with Gasteiger partial charge >= 0.3 is 0 Å². The summed E-state index contributed by atoms with van der Waals surface area (Å²) in [4.78, 5) is 23.1. The molecule has 0 unspecified atom stereocenters. The van der Waals surface area contributed by atoms with Gasteiger partial charge in [-0.25, -0.2) is 0 Å². The lowest BCUT2D eigenvalue weighted by molar-refractivity contribution is -0.117. The first-order valence-corrected chi connectivity index (χ1v) is 7.06. The summed E-state index contributed by atoms with van der Waals surface area (Å²) in [7, 11) is 0. The number of ether oxygens (including phenoxy) is 1. The van der Waals surface area contributed by atoms with Gasteiger partial charge in [0.25, 0.3) is 5.91 Å². The largest absolute Gasteiger partial charge is 0.493 e. The molecule has 1 aliphatic rings. The number of carbonyl (C=O) groups excluding carboxylic acids is 2. The van der Waals surface area contributed by atoms with Crippen molar-refractivity contribution in [2.24, 2.45) is 5.73 Å². The Bertz CT molecular complexity index is 723. The van der Waals surface area contributed by atoms with E-state index in [0.717, 1.165) is 23.3 Å². The van der Waals surface area contributed by atoms with Crippen molar-refractivity contribution >= 4 is 17.5 Å². The van der Waals surface area contributed by atoms with Crippen LogP contribution in [0, 0.1) is 0 Å². The lowest BCUT2D eigenvalue weighted by Gasteiger charge is -2.07. The first-order valence-electron chi connectivity index (χ1n) is 7.06. The predicted molar refractivity (Wildman–Crippen MR) is 82.9 cm³/mol. The van der Waals surface area contributed by atoms with Gasteiger partial charge in [-0.1, -0.05) is 12.1 Å². The highest BCUT2D eigenvalue weighted by molar-refractivity contribution is 6.04. The predicted octanol–water partition coefficient (Wildman–Crippen LogP) is 1.90. The number of primary amides is 1. The van der Waals surface area contributed by atoms with Crippen molar-refractivity contribution in [1.29, 1.82) is 0 Å². The lowest BCUT2D eigenvalue weighted by Crippen LogP contribution is -2.14. The molecule has 2 amide bonds. The van der Waals surface area contributed by atoms with E-state index in [1.165, 1.54) is 0 Å². The van der Waals surface area contributed by atoms with Crippen LogP contribution in [0.5, 0.6) is 5.75 Å². The summed E-state index contributed by atoms with van der Waals surface area (Å²) in [6.07, 6.45) is 1.03. The second kappa shape index (κ2) is 5.89. The van der Waals surface area contributed by atoms with Crippen LogP contribution in [0.25, 0.3) is 0 Å². The van der Waals surface area contributed by atoms with Crippen molar-refractivity contribution in [2.45, 2.75) is 12.8 Å². The van der Waals surface area contributed by atoms with Gasteiger partial charge < -0.3 is 15.8 Å². The second-order valence-corrected chi connectivity index (χ2v) is 5.22. The summed E-state index contributed by atoms with van der Waals surface area (Å²) in [6.45, 7) is 0.668. The molecule has 0 atom stereocenters. The molecular weight excluding hydrogens is 280 g/mol. The van der Waals surface area contributed by atoms with Crippen molar-refractivity contribution in [3.8, 4) is 5.75 Å². The normalized spacial score (nSPS) is 12.4. The topological polar surface area (TPSA) is 81.4 Å². The summed E-state index contributed by atoms with van der Waals surface area (Å²) in [5.74, 6) is 0.307. The number of amides is 2. The van der Waals surface area contributed by atoms with Crippen molar-refractivity contribution in [1.82, 2.24) is 0 Å². The molecule has 0 bridgehead atoms. The third-order valence-electron chi connectivity index (χ3n) is 3.54. The van der Waals surface area contributed by atoms with Gasteiger partial charge in [-0.2, -0.15) is 0 Å². The van der Waals surface area contributed by atoms with Crippen molar-refractivity contribution in [2.75, 3.05) is 11.9 Å². The maximum atomic E-state index is 12.3. The molecule has 0 fully saturated rings. The number of fused-ring (bicyclic) bond motifs is 1. The fourth-order valence-electron chi connectivity index (χ4n) is 2.44. The van der Waals surface area contributed by atoms with Crippen LogP contribution in [-0.2, 0) is 17.6 Å². The molecule has 22 heavy (non-hydrogen) atoms. The average Bonchev–Trinajstić information content (AvgIpc) is 2.96. The Kier molecular flexibility index (Phi) is 3.78. The smallest absolute Gasteiger partial charge is 0.255 e. The van der Waals surface area contributed by atoms with Crippen LogP contribution in [0.4, 0.5) is 5.69 Å². The monoisotopic (exact) mass is 296 g/mol. The molecule has 1 heterocycles. The molecule has 2 aromatic rings. The number of benzene rings is 2. The van der Waals surface area contributed by atoms with Gasteiger partial charge in [-0.05, 0) is 41.5 Å². The number of carbonyl (C=O) groups is 2. The summed E-state index contributed by atoms with van der Waals surface area (Å²) >= 11 is 0. The maximum absolute atomic E-state index is 12.3. The number of nitrogens with two attached hydrogens (primary N) is 1. The Morgan fingerprint density at radius 3 is 2.64 bits per heavy atom. The van der Waals surface area contributed by atoms with E-state index in [1.54, 1.807) is 30.3 Å². The van der Waals surface area contributed by atoms with Gasteiger partial charge in [0, 0.05) is 17.7 Å². The minimum Gasteiger partial charge on any atom is -0.493 e. The average molecular weight is 296 g/mol. The lowest BCUT2D eigenvalue weighted by atomic mass is 10.1. The van der Waals surface area contributed by atoms with Gasteiger partial charge in [-0.15, -0.1) is 0 Å². The van der Waals surface area contributed by atoms with Crippen molar-refractivity contribution in [3.63, 3.8) is 0 Å². The standard InChI is InChI=1S/C17H16N2O3/c18-16(20)9-11-1-4-14(5-2-11)19-17(21)13-3-6-15-12(10-13)7-8-22-15/h1-6,10H,7-9H2,(H2,18,20)(H,19,21). The van der Waals surface area contributed by atoms with Gasteiger partial charge in [0.05, 0.1) is 13.0 Å². The molecule has 5 heteroatoms. The minimum absolute atomic E-state index is 0.169. The molecular formula is C17H16N2O3. The molecule has 0 saturated heterocycles. The molecule has 0 spiro atoms. The SMILES string of the molecule is NC(=O)Cc1ccc(NC(=O)c2ccc3c(c2)CCO3)cc1. The summed E-state index contributed by atoms with van der Waals surface area (Å²) in [6, 6.07) is 12.5. The van der Waals surface area contributed by atoms with Crippen molar-refractivity contribution in [3.05, 3.63) is 59.2 Å². The number of nitrogens with one attached hydrogen (secondary N) is 1. The molecule has 3 N–H and O–H groups in total. The van der Waals surface area contributed by atoms with Crippen LogP contribution in [0.3, 0.4) is 0 Å². The molecule has 2 aromatic carbocycles. The van der Waals surface area contributed by atoms with E-state index < -0.39 is 0 Å². The Balaban J connectivity index is 1.70. The molecule has 0 aliphatic carbocycles. The Labute approximate surface area is 128 Å². The van der Waals surface area contributed by atoms with E-state index in [2.05, 4.69) is 5.32 Å². The first-order chi connectivity index (χ1) is 10.6. The Morgan fingerprint density at radius 2 is 1.91 bits per heavy atom. The Hall–Kier alpha value is -2.82. The van der Waals surface area contributed by atoms with Gasteiger partial charge in [0.15, 0.2) is 0 Å². The van der Waals surface area contributed by atoms with Gasteiger partial charge in [0.2, 0.25) is 5.91 Å². The highest BCUT2D eigenvalue weighted by Gasteiger charge is 2.15. The van der Waals surface area contributed by atoms with Crippen LogP contribution in [0.1, 0.15) is 21.5 Å². The van der Waals surface area contributed by atoms with Crippen LogP contribution < -0.4 is 15.8 Å². The van der Waals surface area contributed by atoms with E-state index in [1.807, 2.05) is 12.1 Å². The molecule has 3 rings (SSSR count). The molecule has 0 radical (unpaired) electrons. The zero-order chi connectivity index (χ0) is 15.5. The van der Waals surface area contributed by atoms with Crippen LogP contribution in [0.15, 0.2) is 42.5 Å². The van der Waals surface area contributed by atoms with E-state index >= 15 is 0 Å². The zero-order valence-corrected chi connectivity index (χ0v) is 12.0. The van der Waals surface area contributed by atoms with E-state index in [-0.39, 0.29) is 18.2 Å². The van der Waals surface area contributed by atoms with Gasteiger partial charge in [-0.3, -0.25) is 9.59 Å². The molecule has 1 aliphatic heterocycles. The van der Waals surface area contributed by atoms with E-state index in [4.69, 9.17) is 10.5 Å². The van der Waals surface area contributed by atoms with Crippen LogP contribution in [-0.4, -0.2) is 18.4 Å². The number of rotatable bonds is 4. The van der Waals surface area contributed by atoms with E-state index in [9.17, 15) is 9.59 Å². The van der Waals surface area contributed by atoms with E-state index in [0.29, 0.717) is 17.9 Å². The van der Waals surface area contributed by atoms with Crippen LogP contribution >= 0.6 is 0 Å². The molecule has 5 nitrogen and oxygen atoms in total. The maximum Gasteiger partial charge on any atom is 0.255 e. The zero-order valence-electron chi connectivity index (χ0n) is 12.0. The summed E-state index contributed by atoms with van der Waals surface area (Å²) in [5.41, 5.74) is 8.30. The fourth-order valence-corrected chi connectivity index (χ4v) is 2.44. The third-order valence-corrected chi connectivity index (χ3v) is 3.54. The van der Waals surface area contributed by atoms with Gasteiger partial charge in [0.1, 0.15) is 5.75 Å². The minimum atomic E-state index is -0.378. The quantitative estimate of drug-likeness (QED) is 0.904. The number of anilines is 1. The summed E-state index contributed by atoms with van der Waals surface area (Å²) in [5, 5.41) is 2.83. The fraction of sp³-hybridized carbons (Fsp3) is 0.176. The second-order valence-electron chi connectivity index (χ2n) is 5.22. The molecule has 112 valence electrons. The highest BCUT2D eigenvalue weighted by Crippen LogP contribution is 2.26. The van der Waals surface area contributed by atoms with Crippen molar-refractivity contribution < 1.29 is 14.3 Å². The molecule has 0 aromatic heterocycles.